The quantitative estimate of drug-likeness (QED) is 0.734. The lowest BCUT2D eigenvalue weighted by atomic mass is 10.2. The van der Waals surface area contributed by atoms with Gasteiger partial charge in [-0.05, 0) is 33.3 Å². The van der Waals surface area contributed by atoms with Crippen molar-refractivity contribution in [2.24, 2.45) is 0 Å². The van der Waals surface area contributed by atoms with E-state index in [-0.39, 0.29) is 12.1 Å². The zero-order valence-corrected chi connectivity index (χ0v) is 11.0. The maximum absolute atomic E-state index is 11.8. The number of carbonyl (C=O) groups excluding carboxylic acids is 1. The Morgan fingerprint density at radius 2 is 2.14 bits per heavy atom. The Morgan fingerprint density at radius 3 is 2.57 bits per heavy atom. The lowest BCUT2D eigenvalue weighted by Gasteiger charge is -2.24. The van der Waals surface area contributed by atoms with Crippen molar-refractivity contribution in [1.82, 2.24) is 4.90 Å². The first kappa shape index (κ1) is 11.7. The predicted octanol–water partition coefficient (Wildman–Crippen LogP) is 2.78. The molecule has 4 heteroatoms. The molecule has 1 amide bonds. The summed E-state index contributed by atoms with van der Waals surface area (Å²) in [6.45, 7) is 7.59. The molecular weight excluding hydrogens is 293 g/mol. The zero-order valence-electron chi connectivity index (χ0n) is 8.80. The number of carbonyl (C=O) groups is 1. The van der Waals surface area contributed by atoms with Crippen molar-refractivity contribution in [2.45, 2.75) is 33.9 Å². The molecule has 1 atom stereocenters. The molecule has 0 fully saturated rings. The van der Waals surface area contributed by atoms with E-state index >= 15 is 0 Å². The van der Waals surface area contributed by atoms with Crippen LogP contribution in [-0.4, -0.2) is 17.0 Å². The van der Waals surface area contributed by atoms with E-state index in [0.717, 1.165) is 16.8 Å². The van der Waals surface area contributed by atoms with Gasteiger partial charge in [-0.3, -0.25) is 12.8 Å². The second kappa shape index (κ2) is 4.44. The van der Waals surface area contributed by atoms with Crippen LogP contribution in [0.25, 0.3) is 0 Å². The molecule has 0 saturated heterocycles. The second-order valence-corrected chi connectivity index (χ2v) is 3.86. The third kappa shape index (κ3) is 1.72. The van der Waals surface area contributed by atoms with Gasteiger partial charge in [0.1, 0.15) is 23.0 Å². The van der Waals surface area contributed by atoms with Crippen molar-refractivity contribution in [3.05, 3.63) is 22.9 Å². The maximum atomic E-state index is 11.8. The van der Waals surface area contributed by atoms with E-state index in [1.165, 1.54) is 0 Å². The lowest BCUT2D eigenvalue weighted by Crippen LogP contribution is -2.33. The summed E-state index contributed by atoms with van der Waals surface area (Å²) in [6.07, 6.45) is 1.67. The van der Waals surface area contributed by atoms with Crippen molar-refractivity contribution in [1.29, 1.82) is 0 Å². The standard InChI is InChI=1S/C10H14INO2/c1-5-6(2)12-9(13)7(3)8(4)10(12)14-11/h5,10H,1-4H3/b6-5+. The zero-order chi connectivity index (χ0) is 10.9. The van der Waals surface area contributed by atoms with Crippen molar-refractivity contribution in [2.75, 3.05) is 0 Å². The molecule has 3 nitrogen and oxygen atoms in total. The number of halogens is 1. The largest absolute Gasteiger partial charge is 0.286 e. The minimum atomic E-state index is -0.237. The van der Waals surface area contributed by atoms with Gasteiger partial charge in [0.15, 0.2) is 6.23 Å². The highest BCUT2D eigenvalue weighted by Crippen LogP contribution is 2.30. The van der Waals surface area contributed by atoms with Crippen LogP contribution in [0.1, 0.15) is 27.7 Å². The molecule has 0 bridgehead atoms. The molecule has 0 aliphatic carbocycles. The molecule has 0 N–H and O–H groups in total. The van der Waals surface area contributed by atoms with Crippen LogP contribution in [0, 0.1) is 0 Å². The summed E-state index contributed by atoms with van der Waals surface area (Å²) in [5.41, 5.74) is 2.70. The number of nitrogens with zero attached hydrogens (tertiary/aromatic N) is 1. The Kier molecular flexibility index (Phi) is 3.71. The van der Waals surface area contributed by atoms with Crippen LogP contribution >= 0.6 is 23.0 Å². The number of amides is 1. The highest BCUT2D eigenvalue weighted by atomic mass is 127. The third-order valence-corrected chi connectivity index (χ3v) is 3.10. The molecule has 14 heavy (non-hydrogen) atoms. The molecule has 1 unspecified atom stereocenters. The number of hydrogen-bond donors (Lipinski definition) is 0. The van der Waals surface area contributed by atoms with Gasteiger partial charge in [-0.2, -0.15) is 0 Å². The first-order chi connectivity index (χ1) is 6.54. The van der Waals surface area contributed by atoms with Gasteiger partial charge in [0.05, 0.1) is 0 Å². The topological polar surface area (TPSA) is 29.5 Å². The summed E-state index contributed by atoms with van der Waals surface area (Å²) in [5.74, 6) is 0.0415. The number of allylic oxidation sites excluding steroid dienone is 2. The van der Waals surface area contributed by atoms with Gasteiger partial charge in [-0.1, -0.05) is 6.08 Å². The summed E-state index contributed by atoms with van der Waals surface area (Å²) in [7, 11) is 0. The van der Waals surface area contributed by atoms with Crippen LogP contribution in [0.4, 0.5) is 0 Å². The van der Waals surface area contributed by atoms with Gasteiger partial charge in [0.2, 0.25) is 0 Å². The Morgan fingerprint density at radius 1 is 1.57 bits per heavy atom. The lowest BCUT2D eigenvalue weighted by molar-refractivity contribution is -0.127. The molecule has 0 aromatic carbocycles. The Bertz CT molecular complexity index is 320. The van der Waals surface area contributed by atoms with Gasteiger partial charge in [-0.15, -0.1) is 0 Å². The van der Waals surface area contributed by atoms with Gasteiger partial charge >= 0.3 is 0 Å². The molecule has 78 valence electrons. The fourth-order valence-electron chi connectivity index (χ4n) is 1.43. The maximum Gasteiger partial charge on any atom is 0.256 e. The van der Waals surface area contributed by atoms with Crippen LogP contribution in [0.5, 0.6) is 0 Å². The summed E-state index contributed by atoms with van der Waals surface area (Å²) in [5, 5.41) is 0. The van der Waals surface area contributed by atoms with Crippen molar-refractivity contribution in [3.63, 3.8) is 0 Å². The molecular formula is C10H14INO2. The summed E-state index contributed by atoms with van der Waals surface area (Å²) in [4.78, 5) is 13.5. The molecule has 1 rings (SSSR count). The molecule has 1 aliphatic heterocycles. The van der Waals surface area contributed by atoms with Gasteiger partial charge in [0, 0.05) is 11.3 Å². The van der Waals surface area contributed by atoms with E-state index in [1.54, 1.807) is 4.90 Å². The third-order valence-electron chi connectivity index (χ3n) is 2.62. The highest BCUT2D eigenvalue weighted by molar-refractivity contribution is 14.1. The van der Waals surface area contributed by atoms with Crippen LogP contribution in [0.3, 0.4) is 0 Å². The summed E-state index contributed by atoms with van der Waals surface area (Å²) < 4.78 is 5.28. The summed E-state index contributed by atoms with van der Waals surface area (Å²) in [6, 6.07) is 0. The molecule has 0 aromatic rings. The first-order valence-electron chi connectivity index (χ1n) is 4.45. The van der Waals surface area contributed by atoms with E-state index in [9.17, 15) is 4.79 Å². The van der Waals surface area contributed by atoms with Gasteiger partial charge in [-0.25, -0.2) is 0 Å². The average molecular weight is 307 g/mol. The normalized spacial score (nSPS) is 23.8. The van der Waals surface area contributed by atoms with Crippen LogP contribution in [0.2, 0.25) is 0 Å². The Hall–Kier alpha value is -0.360. The van der Waals surface area contributed by atoms with Gasteiger partial charge in [0.25, 0.3) is 5.91 Å². The van der Waals surface area contributed by atoms with E-state index in [4.69, 9.17) is 3.07 Å². The molecule has 1 heterocycles. The van der Waals surface area contributed by atoms with Crippen LogP contribution in [-0.2, 0) is 7.86 Å². The number of hydrogen-bond acceptors (Lipinski definition) is 2. The SMILES string of the molecule is C/C=C(\C)N1C(=O)C(C)=C(C)C1OI. The second-order valence-electron chi connectivity index (χ2n) is 3.35. The van der Waals surface area contributed by atoms with E-state index < -0.39 is 0 Å². The average Bonchev–Trinajstić information content (AvgIpc) is 2.41. The van der Waals surface area contributed by atoms with Crippen LogP contribution in [0.15, 0.2) is 22.9 Å². The fourth-order valence-corrected chi connectivity index (χ4v) is 2.03. The van der Waals surface area contributed by atoms with E-state index in [2.05, 4.69) is 0 Å². The van der Waals surface area contributed by atoms with Gasteiger partial charge < -0.3 is 0 Å². The number of rotatable bonds is 2. The van der Waals surface area contributed by atoms with E-state index in [1.807, 2.05) is 56.8 Å². The fraction of sp³-hybridized carbons (Fsp3) is 0.500. The van der Waals surface area contributed by atoms with E-state index in [0.29, 0.717) is 0 Å². The van der Waals surface area contributed by atoms with Crippen molar-refractivity contribution in [3.8, 4) is 0 Å². The Labute approximate surface area is 98.5 Å². The predicted molar refractivity (Wildman–Crippen MR) is 63.5 cm³/mol. The van der Waals surface area contributed by atoms with Crippen LogP contribution < -0.4 is 0 Å². The monoisotopic (exact) mass is 307 g/mol. The van der Waals surface area contributed by atoms with Crippen molar-refractivity contribution >= 4 is 28.9 Å². The molecule has 0 radical (unpaired) electrons. The molecule has 0 spiro atoms. The minimum Gasteiger partial charge on any atom is -0.286 e. The Balaban J connectivity index is 3.07. The minimum absolute atomic E-state index is 0.0415. The van der Waals surface area contributed by atoms with Crippen molar-refractivity contribution < 1.29 is 7.86 Å². The first-order valence-corrected chi connectivity index (χ1v) is 5.34. The molecule has 0 saturated carbocycles. The summed E-state index contributed by atoms with van der Waals surface area (Å²) >= 11 is 1.83. The smallest absolute Gasteiger partial charge is 0.256 e. The molecule has 1 aliphatic rings. The molecule has 0 aromatic heterocycles. The highest BCUT2D eigenvalue weighted by Gasteiger charge is 2.36.